The molecule has 1 N–H and O–H groups in total. The summed E-state index contributed by atoms with van der Waals surface area (Å²) in [5.41, 5.74) is 1.41. The highest BCUT2D eigenvalue weighted by molar-refractivity contribution is 5.71. The van der Waals surface area contributed by atoms with E-state index in [-0.39, 0.29) is 11.6 Å². The second-order valence-corrected chi connectivity index (χ2v) is 4.90. The van der Waals surface area contributed by atoms with Crippen LogP contribution in [0.5, 0.6) is 0 Å². The Balaban J connectivity index is 1.91. The van der Waals surface area contributed by atoms with Crippen molar-refractivity contribution in [3.63, 3.8) is 0 Å². The van der Waals surface area contributed by atoms with Crippen molar-refractivity contribution in [3.05, 3.63) is 24.5 Å². The van der Waals surface area contributed by atoms with E-state index in [1.54, 1.807) is 12.4 Å². The highest BCUT2D eigenvalue weighted by atomic mass is 16.5. The van der Waals surface area contributed by atoms with Gasteiger partial charge in [0.1, 0.15) is 11.3 Å². The van der Waals surface area contributed by atoms with Gasteiger partial charge in [0.15, 0.2) is 5.65 Å². The van der Waals surface area contributed by atoms with Gasteiger partial charge in [-0.05, 0) is 32.4 Å². The molecule has 0 bridgehead atoms. The molecule has 2 atom stereocenters. The number of rotatable bonds is 2. The number of anilines is 1. The van der Waals surface area contributed by atoms with Crippen molar-refractivity contribution in [2.24, 2.45) is 0 Å². The summed E-state index contributed by atoms with van der Waals surface area (Å²) in [5.74, 6) is 0.822. The molecule has 0 saturated carbocycles. The van der Waals surface area contributed by atoms with Crippen LogP contribution >= 0.6 is 0 Å². The first kappa shape index (κ1) is 11.3. The van der Waals surface area contributed by atoms with Crippen molar-refractivity contribution < 1.29 is 4.74 Å². The fourth-order valence-corrected chi connectivity index (χ4v) is 2.22. The first-order valence-corrected chi connectivity index (χ1v) is 6.15. The monoisotopic (exact) mass is 244 g/mol. The molecule has 1 saturated heterocycles. The van der Waals surface area contributed by atoms with Gasteiger partial charge in [0.25, 0.3) is 0 Å². The number of pyridine rings is 1. The third kappa shape index (κ3) is 1.90. The SMILES string of the molecule is CC1OCCC1(C)Nc1ccc2nccnc2n1. The number of ether oxygens (including phenoxy) is 1. The maximum absolute atomic E-state index is 5.61. The van der Waals surface area contributed by atoms with E-state index in [0.717, 1.165) is 24.4 Å². The summed E-state index contributed by atoms with van der Waals surface area (Å²) in [4.78, 5) is 12.9. The standard InChI is InChI=1S/C13H16N4O/c1-9-13(2,5-8-18-9)17-11-4-3-10-12(16-11)15-7-6-14-10/h3-4,6-7,9H,5,8H2,1-2H3,(H,15,16,17). The summed E-state index contributed by atoms with van der Waals surface area (Å²) in [6.07, 6.45) is 4.48. The summed E-state index contributed by atoms with van der Waals surface area (Å²) in [6, 6.07) is 3.87. The summed E-state index contributed by atoms with van der Waals surface area (Å²) < 4.78 is 5.61. The van der Waals surface area contributed by atoms with Crippen LogP contribution in [0.2, 0.25) is 0 Å². The van der Waals surface area contributed by atoms with Crippen molar-refractivity contribution in [2.75, 3.05) is 11.9 Å². The van der Waals surface area contributed by atoms with Crippen molar-refractivity contribution in [2.45, 2.75) is 31.9 Å². The fourth-order valence-electron chi connectivity index (χ4n) is 2.22. The Morgan fingerprint density at radius 2 is 2.17 bits per heavy atom. The lowest BCUT2D eigenvalue weighted by atomic mass is 9.95. The van der Waals surface area contributed by atoms with Gasteiger partial charge >= 0.3 is 0 Å². The first-order chi connectivity index (χ1) is 8.67. The third-order valence-corrected chi connectivity index (χ3v) is 3.63. The molecule has 0 spiro atoms. The quantitative estimate of drug-likeness (QED) is 0.875. The molecular weight excluding hydrogens is 228 g/mol. The normalized spacial score (nSPS) is 27.6. The van der Waals surface area contributed by atoms with E-state index in [2.05, 4.69) is 34.1 Å². The van der Waals surface area contributed by atoms with Crippen LogP contribution < -0.4 is 5.32 Å². The molecule has 2 aromatic heterocycles. The number of nitrogens with zero attached hydrogens (tertiary/aromatic N) is 3. The molecule has 18 heavy (non-hydrogen) atoms. The minimum Gasteiger partial charge on any atom is -0.376 e. The van der Waals surface area contributed by atoms with E-state index in [0.29, 0.717) is 5.65 Å². The van der Waals surface area contributed by atoms with Crippen LogP contribution in [0, 0.1) is 0 Å². The van der Waals surface area contributed by atoms with Gasteiger partial charge in [0.2, 0.25) is 0 Å². The summed E-state index contributed by atoms with van der Waals surface area (Å²) >= 11 is 0. The van der Waals surface area contributed by atoms with Gasteiger partial charge < -0.3 is 10.1 Å². The number of hydrogen-bond acceptors (Lipinski definition) is 5. The molecule has 5 nitrogen and oxygen atoms in total. The lowest BCUT2D eigenvalue weighted by molar-refractivity contribution is 0.105. The molecule has 5 heteroatoms. The van der Waals surface area contributed by atoms with Crippen LogP contribution in [-0.4, -0.2) is 33.2 Å². The van der Waals surface area contributed by atoms with Crippen LogP contribution in [0.3, 0.4) is 0 Å². The van der Waals surface area contributed by atoms with Gasteiger partial charge in [-0.25, -0.2) is 9.97 Å². The maximum Gasteiger partial charge on any atom is 0.180 e. The number of nitrogens with one attached hydrogen (secondary N) is 1. The highest BCUT2D eigenvalue weighted by Crippen LogP contribution is 2.29. The van der Waals surface area contributed by atoms with Crippen LogP contribution in [0.4, 0.5) is 5.82 Å². The lowest BCUT2D eigenvalue weighted by Gasteiger charge is -2.29. The lowest BCUT2D eigenvalue weighted by Crippen LogP contribution is -2.41. The predicted octanol–water partition coefficient (Wildman–Crippen LogP) is 2.00. The average Bonchev–Trinajstić information content (AvgIpc) is 2.69. The van der Waals surface area contributed by atoms with E-state index in [9.17, 15) is 0 Å². The van der Waals surface area contributed by atoms with E-state index >= 15 is 0 Å². The van der Waals surface area contributed by atoms with Crippen molar-refractivity contribution in [1.29, 1.82) is 0 Å². The topological polar surface area (TPSA) is 59.9 Å². The smallest absolute Gasteiger partial charge is 0.180 e. The number of aromatic nitrogens is 3. The second-order valence-electron chi connectivity index (χ2n) is 4.90. The second kappa shape index (κ2) is 4.17. The van der Waals surface area contributed by atoms with Crippen LogP contribution in [-0.2, 0) is 4.74 Å². The zero-order valence-corrected chi connectivity index (χ0v) is 10.6. The predicted molar refractivity (Wildman–Crippen MR) is 69.4 cm³/mol. The maximum atomic E-state index is 5.61. The minimum absolute atomic E-state index is 0.0666. The largest absolute Gasteiger partial charge is 0.376 e. The molecule has 94 valence electrons. The Kier molecular flexibility index (Phi) is 2.63. The number of fused-ring (bicyclic) bond motifs is 1. The summed E-state index contributed by atoms with van der Waals surface area (Å²) in [5, 5.41) is 3.46. The minimum atomic E-state index is -0.0666. The van der Waals surface area contributed by atoms with Crippen LogP contribution in [0.25, 0.3) is 11.2 Å². The van der Waals surface area contributed by atoms with Crippen molar-refractivity contribution in [3.8, 4) is 0 Å². The van der Waals surface area contributed by atoms with Gasteiger partial charge in [0.05, 0.1) is 11.6 Å². The van der Waals surface area contributed by atoms with Gasteiger partial charge in [-0.1, -0.05) is 0 Å². The Morgan fingerprint density at radius 1 is 1.33 bits per heavy atom. The Morgan fingerprint density at radius 3 is 2.94 bits per heavy atom. The third-order valence-electron chi connectivity index (χ3n) is 3.63. The highest BCUT2D eigenvalue weighted by Gasteiger charge is 2.37. The zero-order chi connectivity index (χ0) is 12.6. The molecule has 3 heterocycles. The number of hydrogen-bond donors (Lipinski definition) is 1. The van der Waals surface area contributed by atoms with Gasteiger partial charge in [-0.3, -0.25) is 4.98 Å². The Labute approximate surface area is 106 Å². The molecule has 0 aromatic carbocycles. The Bertz CT molecular complexity index is 574. The summed E-state index contributed by atoms with van der Waals surface area (Å²) in [7, 11) is 0. The molecule has 2 unspecified atom stereocenters. The molecule has 1 fully saturated rings. The van der Waals surface area contributed by atoms with Crippen LogP contribution in [0.1, 0.15) is 20.3 Å². The van der Waals surface area contributed by atoms with Gasteiger partial charge in [0, 0.05) is 19.0 Å². The zero-order valence-electron chi connectivity index (χ0n) is 10.6. The van der Waals surface area contributed by atoms with Gasteiger partial charge in [-0.2, -0.15) is 0 Å². The van der Waals surface area contributed by atoms with E-state index < -0.39 is 0 Å². The van der Waals surface area contributed by atoms with Crippen LogP contribution in [0.15, 0.2) is 24.5 Å². The molecule has 1 aliphatic heterocycles. The molecule has 1 aliphatic rings. The molecule has 0 aliphatic carbocycles. The molecular formula is C13H16N4O. The van der Waals surface area contributed by atoms with Gasteiger partial charge in [-0.15, -0.1) is 0 Å². The molecule has 3 rings (SSSR count). The molecule has 0 amide bonds. The van der Waals surface area contributed by atoms with Crippen molar-refractivity contribution >= 4 is 17.0 Å². The first-order valence-electron chi connectivity index (χ1n) is 6.15. The van der Waals surface area contributed by atoms with E-state index in [1.165, 1.54) is 0 Å². The molecule has 2 aromatic rings. The molecule has 0 radical (unpaired) electrons. The Hall–Kier alpha value is -1.75. The summed E-state index contributed by atoms with van der Waals surface area (Å²) in [6.45, 7) is 5.03. The average molecular weight is 244 g/mol. The van der Waals surface area contributed by atoms with E-state index in [4.69, 9.17) is 4.74 Å². The fraction of sp³-hybridized carbons (Fsp3) is 0.462. The van der Waals surface area contributed by atoms with Crippen molar-refractivity contribution in [1.82, 2.24) is 15.0 Å². The van der Waals surface area contributed by atoms with E-state index in [1.807, 2.05) is 12.1 Å².